The molecule has 0 spiro atoms. The van der Waals surface area contributed by atoms with Crippen LogP contribution < -0.4 is 14.2 Å². The number of fused-ring (bicyclic) bond motifs is 1. The van der Waals surface area contributed by atoms with E-state index in [0.29, 0.717) is 43.4 Å². The predicted molar refractivity (Wildman–Crippen MR) is 97.0 cm³/mol. The number of aromatic nitrogens is 1. The topological polar surface area (TPSA) is 81.1 Å². The number of aliphatic hydroxyl groups is 1. The zero-order chi connectivity index (χ0) is 18.6. The zero-order valence-electron chi connectivity index (χ0n) is 14.9. The number of carbonyl (C=O) groups is 1. The van der Waals surface area contributed by atoms with Crippen molar-refractivity contribution in [1.82, 2.24) is 9.88 Å². The minimum atomic E-state index is -0.767. The predicted octanol–water partition coefficient (Wildman–Crippen LogP) is 1.44. The van der Waals surface area contributed by atoms with Crippen molar-refractivity contribution < 1.29 is 24.1 Å². The van der Waals surface area contributed by atoms with Crippen LogP contribution in [-0.2, 0) is 11.2 Å². The van der Waals surface area contributed by atoms with Gasteiger partial charge in [0.1, 0.15) is 25.4 Å². The second-order valence-electron chi connectivity index (χ2n) is 6.67. The molecule has 142 valence electrons. The van der Waals surface area contributed by atoms with Crippen LogP contribution in [0.4, 0.5) is 0 Å². The lowest BCUT2D eigenvalue weighted by atomic mass is 10.0. The molecule has 0 bridgehead atoms. The van der Waals surface area contributed by atoms with Gasteiger partial charge in [-0.3, -0.25) is 9.78 Å². The first-order valence-corrected chi connectivity index (χ1v) is 9.11. The van der Waals surface area contributed by atoms with E-state index in [4.69, 9.17) is 14.2 Å². The average Bonchev–Trinajstić information content (AvgIpc) is 2.70. The Kier molecular flexibility index (Phi) is 5.11. The lowest BCUT2D eigenvalue weighted by Crippen LogP contribution is -2.51. The summed E-state index contributed by atoms with van der Waals surface area (Å²) in [5, 5.41) is 10.5. The third-order valence-electron chi connectivity index (χ3n) is 4.76. The number of hydrogen-bond donors (Lipinski definition) is 1. The molecule has 0 saturated carbocycles. The van der Waals surface area contributed by atoms with Crippen molar-refractivity contribution in [3.8, 4) is 17.2 Å². The molecule has 2 aliphatic rings. The fourth-order valence-corrected chi connectivity index (χ4v) is 3.37. The SMILES string of the molecule is O=C(Cc1cccnc1)N1CC[C@@H](Oc2cccc3c2OCCO3)[C@H](O)C1. The van der Waals surface area contributed by atoms with Gasteiger partial charge in [-0.1, -0.05) is 12.1 Å². The van der Waals surface area contributed by atoms with Crippen LogP contribution in [0.3, 0.4) is 0 Å². The fraction of sp³-hybridized carbons (Fsp3) is 0.400. The smallest absolute Gasteiger partial charge is 0.227 e. The standard InChI is InChI=1S/C20H22N2O5/c23-15-13-22(19(24)11-14-3-2-7-21-12-14)8-6-16(15)27-18-5-1-4-17-20(18)26-10-9-25-17/h1-5,7,12,15-16,23H,6,8-11,13H2/t15-,16-/m1/s1. The van der Waals surface area contributed by atoms with Gasteiger partial charge in [-0.15, -0.1) is 0 Å². The summed E-state index contributed by atoms with van der Waals surface area (Å²) in [6.07, 6.45) is 3.03. The molecule has 2 aliphatic heterocycles. The number of piperidine rings is 1. The number of pyridine rings is 1. The first kappa shape index (κ1) is 17.6. The number of likely N-dealkylation sites (tertiary alicyclic amines) is 1. The van der Waals surface area contributed by atoms with E-state index < -0.39 is 12.2 Å². The highest BCUT2D eigenvalue weighted by Crippen LogP contribution is 2.40. The number of nitrogens with zero attached hydrogens (tertiary/aromatic N) is 2. The van der Waals surface area contributed by atoms with Crippen LogP contribution in [0.15, 0.2) is 42.7 Å². The second kappa shape index (κ2) is 7.84. The van der Waals surface area contributed by atoms with Gasteiger partial charge in [0.05, 0.1) is 13.0 Å². The summed E-state index contributed by atoms with van der Waals surface area (Å²) in [6, 6.07) is 9.15. The van der Waals surface area contributed by atoms with Crippen molar-refractivity contribution in [3.63, 3.8) is 0 Å². The molecule has 3 heterocycles. The van der Waals surface area contributed by atoms with Gasteiger partial charge in [0.2, 0.25) is 11.7 Å². The van der Waals surface area contributed by atoms with Gasteiger partial charge in [-0.05, 0) is 23.8 Å². The largest absolute Gasteiger partial charge is 0.486 e. The Morgan fingerprint density at radius 3 is 2.96 bits per heavy atom. The summed E-state index contributed by atoms with van der Waals surface area (Å²) < 4.78 is 17.2. The summed E-state index contributed by atoms with van der Waals surface area (Å²) in [7, 11) is 0. The van der Waals surface area contributed by atoms with Gasteiger partial charge in [0.15, 0.2) is 11.5 Å². The number of para-hydroxylation sites is 1. The maximum atomic E-state index is 12.5. The molecule has 0 radical (unpaired) electrons. The van der Waals surface area contributed by atoms with Gasteiger partial charge in [-0.25, -0.2) is 0 Å². The van der Waals surface area contributed by atoms with Crippen LogP contribution in [0.5, 0.6) is 17.2 Å². The second-order valence-corrected chi connectivity index (χ2v) is 6.67. The third-order valence-corrected chi connectivity index (χ3v) is 4.76. The van der Waals surface area contributed by atoms with E-state index in [2.05, 4.69) is 4.98 Å². The highest BCUT2D eigenvalue weighted by atomic mass is 16.6. The van der Waals surface area contributed by atoms with Gasteiger partial charge in [0.25, 0.3) is 0 Å². The molecule has 7 heteroatoms. The van der Waals surface area contributed by atoms with Crippen molar-refractivity contribution in [2.75, 3.05) is 26.3 Å². The van der Waals surface area contributed by atoms with E-state index in [-0.39, 0.29) is 18.9 Å². The quantitative estimate of drug-likeness (QED) is 0.877. The van der Waals surface area contributed by atoms with E-state index in [1.807, 2.05) is 24.3 Å². The molecule has 1 fully saturated rings. The summed E-state index contributed by atoms with van der Waals surface area (Å²) in [4.78, 5) is 18.2. The average molecular weight is 370 g/mol. The Hall–Kier alpha value is -2.80. The van der Waals surface area contributed by atoms with Crippen LogP contribution in [-0.4, -0.2) is 59.4 Å². The third kappa shape index (κ3) is 3.98. The van der Waals surface area contributed by atoms with Gasteiger partial charge in [0, 0.05) is 25.4 Å². The number of hydrogen-bond acceptors (Lipinski definition) is 6. The Balaban J connectivity index is 1.37. The number of β-amino-alcohol motifs (C(OH)–C–C–N with tert-alkyl or cyclic N) is 1. The van der Waals surface area contributed by atoms with Gasteiger partial charge in [-0.2, -0.15) is 0 Å². The van der Waals surface area contributed by atoms with Crippen molar-refractivity contribution in [2.45, 2.75) is 25.0 Å². The minimum absolute atomic E-state index is 0.0191. The number of amides is 1. The molecule has 1 N–H and O–H groups in total. The first-order chi connectivity index (χ1) is 13.2. The van der Waals surface area contributed by atoms with Crippen LogP contribution >= 0.6 is 0 Å². The molecule has 1 saturated heterocycles. The van der Waals surface area contributed by atoms with E-state index in [1.54, 1.807) is 23.4 Å². The maximum Gasteiger partial charge on any atom is 0.227 e. The number of aliphatic hydroxyl groups excluding tert-OH is 1. The van der Waals surface area contributed by atoms with Crippen LogP contribution in [0.1, 0.15) is 12.0 Å². The highest BCUT2D eigenvalue weighted by Gasteiger charge is 2.32. The van der Waals surface area contributed by atoms with E-state index in [1.165, 1.54) is 0 Å². The Morgan fingerprint density at radius 2 is 2.15 bits per heavy atom. The molecule has 0 aliphatic carbocycles. The molecule has 4 rings (SSSR count). The normalized spacial score (nSPS) is 21.6. The highest BCUT2D eigenvalue weighted by molar-refractivity contribution is 5.78. The molecular formula is C20H22N2O5. The Bertz CT molecular complexity index is 798. The molecule has 0 unspecified atom stereocenters. The molecule has 2 aromatic rings. The summed E-state index contributed by atoms with van der Waals surface area (Å²) in [5.74, 6) is 1.77. The zero-order valence-corrected chi connectivity index (χ0v) is 14.9. The fourth-order valence-electron chi connectivity index (χ4n) is 3.37. The summed E-state index contributed by atoms with van der Waals surface area (Å²) in [6.45, 7) is 1.76. The number of carbonyl (C=O) groups excluding carboxylic acids is 1. The molecule has 2 atom stereocenters. The van der Waals surface area contributed by atoms with E-state index in [9.17, 15) is 9.90 Å². The Labute approximate surface area is 157 Å². The monoisotopic (exact) mass is 370 g/mol. The molecule has 27 heavy (non-hydrogen) atoms. The lowest BCUT2D eigenvalue weighted by molar-refractivity contribution is -0.136. The maximum absolute atomic E-state index is 12.5. The van der Waals surface area contributed by atoms with Crippen LogP contribution in [0, 0.1) is 0 Å². The van der Waals surface area contributed by atoms with Crippen molar-refractivity contribution in [1.29, 1.82) is 0 Å². The lowest BCUT2D eigenvalue weighted by Gasteiger charge is -2.36. The number of ether oxygens (including phenoxy) is 3. The number of benzene rings is 1. The molecule has 7 nitrogen and oxygen atoms in total. The number of rotatable bonds is 4. The van der Waals surface area contributed by atoms with Crippen molar-refractivity contribution in [3.05, 3.63) is 48.3 Å². The molecule has 1 amide bonds. The van der Waals surface area contributed by atoms with Crippen LogP contribution in [0.2, 0.25) is 0 Å². The summed E-state index contributed by atoms with van der Waals surface area (Å²) >= 11 is 0. The van der Waals surface area contributed by atoms with Gasteiger partial charge >= 0.3 is 0 Å². The van der Waals surface area contributed by atoms with E-state index >= 15 is 0 Å². The van der Waals surface area contributed by atoms with Crippen molar-refractivity contribution >= 4 is 5.91 Å². The van der Waals surface area contributed by atoms with Crippen LogP contribution in [0.25, 0.3) is 0 Å². The molecular weight excluding hydrogens is 348 g/mol. The van der Waals surface area contributed by atoms with Gasteiger partial charge < -0.3 is 24.2 Å². The minimum Gasteiger partial charge on any atom is -0.486 e. The molecule has 1 aromatic carbocycles. The van der Waals surface area contributed by atoms with E-state index in [0.717, 1.165) is 5.56 Å². The first-order valence-electron chi connectivity index (χ1n) is 9.11. The summed E-state index contributed by atoms with van der Waals surface area (Å²) in [5.41, 5.74) is 0.864. The Morgan fingerprint density at radius 1 is 1.26 bits per heavy atom. The van der Waals surface area contributed by atoms with Crippen molar-refractivity contribution in [2.24, 2.45) is 0 Å². The molecule has 1 aromatic heterocycles.